The minimum Gasteiger partial charge on any atom is -0.392 e. The first kappa shape index (κ1) is 15.7. The molecule has 3 saturated carbocycles. The number of allylic oxidation sites excluding steroid dienone is 4. The van der Waals surface area contributed by atoms with Crippen LogP contribution in [0.2, 0.25) is 0 Å². The summed E-state index contributed by atoms with van der Waals surface area (Å²) in [5.41, 5.74) is 3.51. The Labute approximate surface area is 141 Å². The van der Waals surface area contributed by atoms with E-state index >= 15 is 0 Å². The third kappa shape index (κ3) is 1.95. The fourth-order valence-electron chi connectivity index (χ4n) is 7.12. The monoisotopic (exact) mass is 312 g/mol. The van der Waals surface area contributed by atoms with Crippen LogP contribution in [0.4, 0.5) is 0 Å². The molecule has 23 heavy (non-hydrogen) atoms. The lowest BCUT2D eigenvalue weighted by Gasteiger charge is -2.58. The van der Waals surface area contributed by atoms with E-state index in [0.717, 1.165) is 19.3 Å². The molecular formula is C22H32O. The first-order valence-electron chi connectivity index (χ1n) is 9.64. The van der Waals surface area contributed by atoms with Crippen molar-refractivity contribution < 1.29 is 5.11 Å². The number of hydrogen-bond donors (Lipinski definition) is 1. The highest BCUT2D eigenvalue weighted by atomic mass is 16.3. The van der Waals surface area contributed by atoms with Crippen LogP contribution in [0.15, 0.2) is 36.0 Å². The van der Waals surface area contributed by atoms with Crippen molar-refractivity contribution in [2.24, 2.45) is 34.5 Å². The highest BCUT2D eigenvalue weighted by Crippen LogP contribution is 2.67. The molecule has 0 saturated heterocycles. The van der Waals surface area contributed by atoms with Crippen molar-refractivity contribution in [2.75, 3.05) is 0 Å². The summed E-state index contributed by atoms with van der Waals surface area (Å²) in [5, 5.41) is 11.1. The van der Waals surface area contributed by atoms with Crippen molar-refractivity contribution in [1.82, 2.24) is 0 Å². The van der Waals surface area contributed by atoms with Gasteiger partial charge in [0.15, 0.2) is 0 Å². The molecule has 1 unspecified atom stereocenters. The van der Waals surface area contributed by atoms with Crippen LogP contribution >= 0.6 is 0 Å². The maximum Gasteiger partial charge on any atom is 0.0611 e. The molecule has 4 aliphatic rings. The summed E-state index contributed by atoms with van der Waals surface area (Å²) >= 11 is 0. The molecular weight excluding hydrogens is 280 g/mol. The van der Waals surface area contributed by atoms with E-state index in [4.69, 9.17) is 0 Å². The third-order valence-corrected chi connectivity index (χ3v) is 8.25. The van der Waals surface area contributed by atoms with Crippen molar-refractivity contribution in [3.05, 3.63) is 36.0 Å². The smallest absolute Gasteiger partial charge is 0.0611 e. The standard InChI is InChI=1S/C22H32O/c1-5-16-14(2)12-18-20-17(9-11-22(16,18)4)21(3)10-7-6-8-15(21)13-19(20)23/h7-8,10,16-20,23H,2,5-6,9,11-13H2,1,3-4H3/t16-,17-,18-,19?,20+,21-,22+/m0/s1. The van der Waals surface area contributed by atoms with Gasteiger partial charge >= 0.3 is 0 Å². The minimum atomic E-state index is -0.154. The second-order valence-corrected chi connectivity index (χ2v) is 9.08. The molecule has 0 radical (unpaired) electrons. The Hall–Kier alpha value is -0.820. The van der Waals surface area contributed by atoms with Crippen LogP contribution < -0.4 is 0 Å². The van der Waals surface area contributed by atoms with E-state index < -0.39 is 0 Å². The van der Waals surface area contributed by atoms with Crippen LogP contribution in [0.3, 0.4) is 0 Å². The summed E-state index contributed by atoms with van der Waals surface area (Å²) in [6.07, 6.45) is 13.9. The molecule has 4 aliphatic carbocycles. The normalized spacial score (nSPS) is 51.7. The van der Waals surface area contributed by atoms with E-state index in [9.17, 15) is 5.11 Å². The van der Waals surface area contributed by atoms with Crippen LogP contribution in [0.5, 0.6) is 0 Å². The van der Waals surface area contributed by atoms with Crippen molar-refractivity contribution in [3.8, 4) is 0 Å². The maximum atomic E-state index is 11.1. The zero-order valence-corrected chi connectivity index (χ0v) is 15.0. The summed E-state index contributed by atoms with van der Waals surface area (Å²) in [4.78, 5) is 0. The summed E-state index contributed by atoms with van der Waals surface area (Å²) in [5.74, 6) is 2.34. The fraction of sp³-hybridized carbons (Fsp3) is 0.727. The Kier molecular flexibility index (Phi) is 3.47. The van der Waals surface area contributed by atoms with Crippen molar-refractivity contribution in [1.29, 1.82) is 0 Å². The first-order valence-corrected chi connectivity index (χ1v) is 9.64. The van der Waals surface area contributed by atoms with E-state index in [2.05, 4.69) is 45.6 Å². The zero-order valence-electron chi connectivity index (χ0n) is 15.0. The van der Waals surface area contributed by atoms with E-state index in [0.29, 0.717) is 29.1 Å². The third-order valence-electron chi connectivity index (χ3n) is 8.25. The van der Waals surface area contributed by atoms with Gasteiger partial charge < -0.3 is 5.11 Å². The molecule has 0 aromatic heterocycles. The number of aliphatic hydroxyl groups is 1. The van der Waals surface area contributed by atoms with Crippen LogP contribution in [-0.2, 0) is 0 Å². The summed E-state index contributed by atoms with van der Waals surface area (Å²) < 4.78 is 0. The van der Waals surface area contributed by atoms with Gasteiger partial charge in [-0.1, -0.05) is 56.7 Å². The van der Waals surface area contributed by atoms with Gasteiger partial charge in [0.1, 0.15) is 0 Å². The number of fused-ring (bicyclic) bond motifs is 5. The Morgan fingerprint density at radius 1 is 1.26 bits per heavy atom. The highest BCUT2D eigenvalue weighted by molar-refractivity contribution is 5.33. The number of hydrogen-bond acceptors (Lipinski definition) is 1. The fourth-order valence-corrected chi connectivity index (χ4v) is 7.12. The average Bonchev–Trinajstić information content (AvgIpc) is 2.77. The maximum absolute atomic E-state index is 11.1. The molecule has 1 nitrogen and oxygen atoms in total. The largest absolute Gasteiger partial charge is 0.392 e. The Morgan fingerprint density at radius 3 is 2.78 bits per heavy atom. The van der Waals surface area contributed by atoms with Gasteiger partial charge in [-0.15, -0.1) is 0 Å². The molecule has 3 fully saturated rings. The highest BCUT2D eigenvalue weighted by Gasteiger charge is 2.60. The lowest BCUT2D eigenvalue weighted by atomic mass is 9.47. The van der Waals surface area contributed by atoms with Gasteiger partial charge in [-0.2, -0.15) is 0 Å². The van der Waals surface area contributed by atoms with E-state index in [1.807, 2.05) is 0 Å². The van der Waals surface area contributed by atoms with Crippen LogP contribution in [0.1, 0.15) is 59.3 Å². The Bertz CT molecular complexity index is 585. The van der Waals surface area contributed by atoms with Gasteiger partial charge in [-0.05, 0) is 67.6 Å². The minimum absolute atomic E-state index is 0.154. The molecule has 0 bridgehead atoms. The number of rotatable bonds is 1. The van der Waals surface area contributed by atoms with Gasteiger partial charge in [-0.25, -0.2) is 0 Å². The lowest BCUT2D eigenvalue weighted by molar-refractivity contribution is -0.0949. The molecule has 7 atom stereocenters. The van der Waals surface area contributed by atoms with Gasteiger partial charge in [0, 0.05) is 5.41 Å². The van der Waals surface area contributed by atoms with Crippen molar-refractivity contribution >= 4 is 0 Å². The van der Waals surface area contributed by atoms with Gasteiger partial charge in [0.05, 0.1) is 6.10 Å². The first-order chi connectivity index (χ1) is 10.9. The molecule has 0 amide bonds. The zero-order chi connectivity index (χ0) is 16.4. The Balaban J connectivity index is 1.75. The molecule has 126 valence electrons. The summed E-state index contributed by atoms with van der Waals surface area (Å²) in [6.45, 7) is 11.7. The lowest BCUT2D eigenvalue weighted by Crippen LogP contribution is -2.54. The predicted molar refractivity (Wildman–Crippen MR) is 95.9 cm³/mol. The topological polar surface area (TPSA) is 20.2 Å². The second-order valence-electron chi connectivity index (χ2n) is 9.08. The van der Waals surface area contributed by atoms with Gasteiger partial charge in [-0.3, -0.25) is 0 Å². The summed E-state index contributed by atoms with van der Waals surface area (Å²) in [7, 11) is 0. The molecule has 1 N–H and O–H groups in total. The van der Waals surface area contributed by atoms with Crippen molar-refractivity contribution in [3.63, 3.8) is 0 Å². The second kappa shape index (κ2) is 5.09. The van der Waals surface area contributed by atoms with Gasteiger partial charge in [0.2, 0.25) is 0 Å². The molecule has 0 spiro atoms. The van der Waals surface area contributed by atoms with Gasteiger partial charge in [0.25, 0.3) is 0 Å². The summed E-state index contributed by atoms with van der Waals surface area (Å²) in [6, 6.07) is 0. The van der Waals surface area contributed by atoms with Crippen LogP contribution in [0.25, 0.3) is 0 Å². The number of aliphatic hydroxyl groups excluding tert-OH is 1. The van der Waals surface area contributed by atoms with E-state index in [-0.39, 0.29) is 11.5 Å². The molecule has 0 aromatic rings. The molecule has 0 heterocycles. The van der Waals surface area contributed by atoms with Crippen LogP contribution in [0, 0.1) is 34.5 Å². The van der Waals surface area contributed by atoms with E-state index in [1.165, 1.54) is 30.4 Å². The molecule has 0 aliphatic heterocycles. The SMILES string of the molecule is C=C1C[C@H]2[C@@H]3C(O)CC4=CCC=C[C@]4(C)[C@H]3CC[C@]2(C)[C@H]1CC. The van der Waals surface area contributed by atoms with Crippen LogP contribution in [-0.4, -0.2) is 11.2 Å². The average molecular weight is 312 g/mol. The molecule has 4 rings (SSSR count). The molecule has 0 aromatic carbocycles. The van der Waals surface area contributed by atoms with Crippen molar-refractivity contribution in [2.45, 2.75) is 65.4 Å². The van der Waals surface area contributed by atoms with E-state index in [1.54, 1.807) is 0 Å². The molecule has 1 heteroatoms. The quantitative estimate of drug-likeness (QED) is 0.653. The predicted octanol–water partition coefficient (Wildman–Crippen LogP) is 5.28. The Morgan fingerprint density at radius 2 is 2.04 bits per heavy atom.